The lowest BCUT2D eigenvalue weighted by atomic mass is 10.1. The number of hydrogen-bond acceptors (Lipinski definition) is 3. The topological polar surface area (TPSA) is 59.0 Å². The van der Waals surface area contributed by atoms with E-state index in [0.717, 1.165) is 19.5 Å². The molecule has 2 N–H and O–H groups in total. The molecule has 1 aromatic rings. The van der Waals surface area contributed by atoms with Crippen LogP contribution < -0.4 is 10.6 Å². The number of nitrogens with one attached hydrogen (secondary N) is 2. The minimum Gasteiger partial charge on any atom is -0.355 e. The van der Waals surface area contributed by atoms with E-state index in [4.69, 9.17) is 0 Å². The summed E-state index contributed by atoms with van der Waals surface area (Å²) in [6.07, 6.45) is 5.31. The summed E-state index contributed by atoms with van der Waals surface area (Å²) in [4.78, 5) is 15.2. The molecule has 2 rings (SSSR count). The van der Waals surface area contributed by atoms with Crippen molar-refractivity contribution < 1.29 is 4.79 Å². The number of nitrogens with zero attached hydrogens (tertiary/aromatic N) is 2. The molecular formula is C12H20N4O. The lowest BCUT2D eigenvalue weighted by Gasteiger charge is -2.24. The third-order valence-electron chi connectivity index (χ3n) is 3.14. The van der Waals surface area contributed by atoms with Gasteiger partial charge in [-0.05, 0) is 20.3 Å². The number of carbonyl (C=O) groups excluding carboxylic acids is 1. The van der Waals surface area contributed by atoms with Crippen molar-refractivity contribution in [1.29, 1.82) is 0 Å². The highest BCUT2D eigenvalue weighted by Gasteiger charge is 2.17. The van der Waals surface area contributed by atoms with Crippen molar-refractivity contribution >= 4 is 5.91 Å². The van der Waals surface area contributed by atoms with Crippen LogP contribution in [0.4, 0.5) is 0 Å². The molecule has 0 saturated carbocycles. The van der Waals surface area contributed by atoms with Gasteiger partial charge in [-0.3, -0.25) is 4.79 Å². The van der Waals surface area contributed by atoms with Crippen LogP contribution in [0.5, 0.6) is 0 Å². The van der Waals surface area contributed by atoms with Gasteiger partial charge < -0.3 is 15.2 Å². The first-order chi connectivity index (χ1) is 8.16. The van der Waals surface area contributed by atoms with E-state index >= 15 is 0 Å². The average molecular weight is 236 g/mol. The highest BCUT2D eigenvalue weighted by molar-refractivity contribution is 5.76. The van der Waals surface area contributed by atoms with Crippen molar-refractivity contribution in [2.45, 2.75) is 45.3 Å². The molecule has 0 aliphatic carbocycles. The molecule has 0 aromatic carbocycles. The van der Waals surface area contributed by atoms with Gasteiger partial charge in [-0.2, -0.15) is 0 Å². The maximum Gasteiger partial charge on any atom is 0.220 e. The monoisotopic (exact) mass is 236 g/mol. The molecule has 1 fully saturated rings. The van der Waals surface area contributed by atoms with E-state index in [1.54, 1.807) is 0 Å². The highest BCUT2D eigenvalue weighted by atomic mass is 16.1. The Balaban J connectivity index is 1.85. The van der Waals surface area contributed by atoms with Gasteiger partial charge in [-0.25, -0.2) is 4.98 Å². The third kappa shape index (κ3) is 3.06. The van der Waals surface area contributed by atoms with Crippen LogP contribution in [0.15, 0.2) is 12.5 Å². The molecule has 17 heavy (non-hydrogen) atoms. The number of piperidine rings is 1. The molecule has 5 heteroatoms. The van der Waals surface area contributed by atoms with Crippen LogP contribution in [-0.2, 0) is 11.3 Å². The van der Waals surface area contributed by atoms with Gasteiger partial charge in [0.15, 0.2) is 0 Å². The highest BCUT2D eigenvalue weighted by Crippen LogP contribution is 2.10. The Morgan fingerprint density at radius 1 is 1.65 bits per heavy atom. The average Bonchev–Trinajstić information content (AvgIpc) is 2.76. The Kier molecular flexibility index (Phi) is 3.78. The SMILES string of the molecule is CC(C)n1cncc1CNC1CCC(=O)NC1. The van der Waals surface area contributed by atoms with Crippen LogP contribution in [0.25, 0.3) is 0 Å². The van der Waals surface area contributed by atoms with Gasteiger partial charge in [-0.1, -0.05) is 0 Å². The summed E-state index contributed by atoms with van der Waals surface area (Å²) in [6, 6.07) is 0.809. The van der Waals surface area contributed by atoms with Crippen LogP contribution in [0.3, 0.4) is 0 Å². The van der Waals surface area contributed by atoms with Crippen molar-refractivity contribution in [3.8, 4) is 0 Å². The summed E-state index contributed by atoms with van der Waals surface area (Å²) in [6.45, 7) is 5.82. The van der Waals surface area contributed by atoms with Gasteiger partial charge in [0.2, 0.25) is 5.91 Å². The molecular weight excluding hydrogens is 216 g/mol. The molecule has 1 aliphatic rings. The maximum absolute atomic E-state index is 11.0. The number of rotatable bonds is 4. The molecule has 0 radical (unpaired) electrons. The van der Waals surface area contributed by atoms with Crippen molar-refractivity contribution in [1.82, 2.24) is 20.2 Å². The van der Waals surface area contributed by atoms with E-state index in [0.29, 0.717) is 18.5 Å². The zero-order valence-electron chi connectivity index (χ0n) is 10.4. The summed E-state index contributed by atoms with van der Waals surface area (Å²) in [5.41, 5.74) is 1.19. The van der Waals surface area contributed by atoms with Crippen LogP contribution in [0, 0.1) is 0 Å². The van der Waals surface area contributed by atoms with Gasteiger partial charge >= 0.3 is 0 Å². The molecule has 5 nitrogen and oxygen atoms in total. The number of amides is 1. The summed E-state index contributed by atoms with van der Waals surface area (Å²) in [5, 5.41) is 6.34. The lowest BCUT2D eigenvalue weighted by molar-refractivity contribution is -0.122. The Hall–Kier alpha value is -1.36. The smallest absolute Gasteiger partial charge is 0.220 e. The molecule has 1 amide bonds. The van der Waals surface area contributed by atoms with Crippen LogP contribution >= 0.6 is 0 Å². The number of aromatic nitrogens is 2. The Morgan fingerprint density at radius 3 is 3.12 bits per heavy atom. The normalized spacial score (nSPS) is 20.6. The Labute approximate surface area is 102 Å². The van der Waals surface area contributed by atoms with Crippen molar-refractivity contribution in [2.24, 2.45) is 0 Å². The molecule has 1 unspecified atom stereocenters. The molecule has 1 saturated heterocycles. The molecule has 94 valence electrons. The maximum atomic E-state index is 11.0. The first-order valence-corrected chi connectivity index (χ1v) is 6.17. The molecule has 0 spiro atoms. The second-order valence-electron chi connectivity index (χ2n) is 4.81. The van der Waals surface area contributed by atoms with Gasteiger partial charge in [-0.15, -0.1) is 0 Å². The predicted molar refractivity (Wildman–Crippen MR) is 65.5 cm³/mol. The standard InChI is InChI=1S/C12H20N4O/c1-9(2)16-8-13-6-11(16)7-14-10-3-4-12(17)15-5-10/h6,8-10,14H,3-5,7H2,1-2H3,(H,15,17). The van der Waals surface area contributed by atoms with E-state index in [1.165, 1.54) is 5.69 Å². The second kappa shape index (κ2) is 5.31. The zero-order valence-corrected chi connectivity index (χ0v) is 10.4. The van der Waals surface area contributed by atoms with Crippen molar-refractivity contribution in [3.05, 3.63) is 18.2 Å². The summed E-state index contributed by atoms with van der Waals surface area (Å²) in [5.74, 6) is 0.162. The van der Waals surface area contributed by atoms with E-state index < -0.39 is 0 Å². The zero-order chi connectivity index (χ0) is 12.3. The van der Waals surface area contributed by atoms with E-state index in [1.807, 2.05) is 12.5 Å². The second-order valence-corrected chi connectivity index (χ2v) is 4.81. The summed E-state index contributed by atoms with van der Waals surface area (Å²) >= 11 is 0. The number of imidazole rings is 1. The molecule has 2 heterocycles. The number of carbonyl (C=O) groups is 1. The van der Waals surface area contributed by atoms with Crippen LogP contribution in [0.1, 0.15) is 38.4 Å². The molecule has 1 aliphatic heterocycles. The summed E-state index contributed by atoms with van der Waals surface area (Å²) in [7, 11) is 0. The van der Waals surface area contributed by atoms with E-state index in [2.05, 4.69) is 34.0 Å². The Bertz CT molecular complexity index is 376. The largest absolute Gasteiger partial charge is 0.355 e. The van der Waals surface area contributed by atoms with Gasteiger partial charge in [0, 0.05) is 37.8 Å². The van der Waals surface area contributed by atoms with Crippen molar-refractivity contribution in [3.63, 3.8) is 0 Å². The fourth-order valence-corrected chi connectivity index (χ4v) is 2.09. The van der Waals surface area contributed by atoms with Crippen LogP contribution in [-0.4, -0.2) is 28.0 Å². The molecule has 1 aromatic heterocycles. The van der Waals surface area contributed by atoms with Crippen molar-refractivity contribution in [2.75, 3.05) is 6.54 Å². The molecule has 0 bridgehead atoms. The fourth-order valence-electron chi connectivity index (χ4n) is 2.09. The third-order valence-corrected chi connectivity index (χ3v) is 3.14. The number of hydrogen-bond donors (Lipinski definition) is 2. The summed E-state index contributed by atoms with van der Waals surface area (Å²) < 4.78 is 2.16. The van der Waals surface area contributed by atoms with Gasteiger partial charge in [0.25, 0.3) is 0 Å². The van der Waals surface area contributed by atoms with Gasteiger partial charge in [0.1, 0.15) is 0 Å². The van der Waals surface area contributed by atoms with Crippen LogP contribution in [0.2, 0.25) is 0 Å². The first-order valence-electron chi connectivity index (χ1n) is 6.17. The quantitative estimate of drug-likeness (QED) is 0.814. The van der Waals surface area contributed by atoms with E-state index in [-0.39, 0.29) is 5.91 Å². The predicted octanol–water partition coefficient (Wildman–Crippen LogP) is 0.832. The minimum atomic E-state index is 0.162. The Morgan fingerprint density at radius 2 is 2.47 bits per heavy atom. The van der Waals surface area contributed by atoms with E-state index in [9.17, 15) is 4.79 Å². The fraction of sp³-hybridized carbons (Fsp3) is 0.667. The molecule has 1 atom stereocenters. The first kappa shape index (κ1) is 12.1. The minimum absolute atomic E-state index is 0.162. The van der Waals surface area contributed by atoms with Gasteiger partial charge in [0.05, 0.1) is 12.0 Å². The lowest BCUT2D eigenvalue weighted by Crippen LogP contribution is -2.45.